The average molecular weight is 259 g/mol. The summed E-state index contributed by atoms with van der Waals surface area (Å²) in [5, 5.41) is 0. The van der Waals surface area contributed by atoms with Gasteiger partial charge in [-0.2, -0.15) is 0 Å². The molecule has 2 nitrogen and oxygen atoms in total. The van der Waals surface area contributed by atoms with Crippen molar-refractivity contribution < 1.29 is 4.74 Å². The van der Waals surface area contributed by atoms with Crippen LogP contribution in [0.4, 0.5) is 0 Å². The maximum atomic E-state index is 6.11. The third kappa shape index (κ3) is 3.82. The van der Waals surface area contributed by atoms with Crippen LogP contribution in [0.3, 0.4) is 0 Å². The topological polar surface area (TPSA) is 21.6 Å². The van der Waals surface area contributed by atoms with Crippen LogP contribution in [0.5, 0.6) is 0 Å². The molecule has 0 saturated heterocycles. The normalized spacial score (nSPS) is 22.1. The summed E-state index contributed by atoms with van der Waals surface area (Å²) in [5.41, 5.74) is 1.11. The molecule has 104 valence electrons. The van der Waals surface area contributed by atoms with Crippen LogP contribution in [-0.2, 0) is 4.74 Å². The molecule has 0 saturated carbocycles. The van der Waals surface area contributed by atoms with E-state index >= 15 is 0 Å². The first-order valence-corrected chi connectivity index (χ1v) is 7.65. The van der Waals surface area contributed by atoms with E-state index in [4.69, 9.17) is 9.73 Å². The summed E-state index contributed by atoms with van der Waals surface area (Å²) < 4.78 is 6.11. The predicted molar refractivity (Wildman–Crippen MR) is 80.7 cm³/mol. The lowest BCUT2D eigenvalue weighted by Crippen LogP contribution is -2.22. The van der Waals surface area contributed by atoms with Gasteiger partial charge in [-0.3, -0.25) is 0 Å². The Bertz CT molecular complexity index is 399. The van der Waals surface area contributed by atoms with Gasteiger partial charge in [-0.1, -0.05) is 51.3 Å². The Hall–Kier alpha value is -1.31. The molecule has 1 aromatic rings. The molecule has 0 unspecified atom stereocenters. The summed E-state index contributed by atoms with van der Waals surface area (Å²) in [6.45, 7) is 4.47. The standard InChI is InChI=1S/C17H25NO/c1-3-5-12-15-16(13-6-4-2)19-17(18-15)14-10-8-7-9-11-14/h7-11,15-16H,3-6,12-13H2,1-2H3/t15-,16+/m0/s1. The third-order valence-electron chi connectivity index (χ3n) is 3.69. The van der Waals surface area contributed by atoms with E-state index in [1.165, 1.54) is 25.7 Å². The molecular formula is C17H25NO. The number of hydrogen-bond donors (Lipinski definition) is 0. The zero-order valence-corrected chi connectivity index (χ0v) is 12.1. The minimum absolute atomic E-state index is 0.293. The van der Waals surface area contributed by atoms with Gasteiger partial charge in [0, 0.05) is 5.56 Å². The second-order valence-electron chi connectivity index (χ2n) is 5.31. The van der Waals surface area contributed by atoms with Crippen molar-refractivity contribution in [3.05, 3.63) is 35.9 Å². The lowest BCUT2D eigenvalue weighted by molar-refractivity contribution is 0.173. The summed E-state index contributed by atoms with van der Waals surface area (Å²) in [4.78, 5) is 4.82. The number of rotatable bonds is 7. The summed E-state index contributed by atoms with van der Waals surface area (Å²) >= 11 is 0. The Morgan fingerprint density at radius 3 is 2.37 bits per heavy atom. The molecule has 19 heavy (non-hydrogen) atoms. The number of unbranched alkanes of at least 4 members (excludes halogenated alkanes) is 2. The average Bonchev–Trinajstić information content (AvgIpc) is 2.87. The van der Waals surface area contributed by atoms with Crippen LogP contribution < -0.4 is 0 Å². The highest BCUT2D eigenvalue weighted by molar-refractivity contribution is 5.95. The van der Waals surface area contributed by atoms with Crippen LogP contribution in [0.15, 0.2) is 35.3 Å². The number of ether oxygens (including phenoxy) is 1. The van der Waals surface area contributed by atoms with E-state index in [0.29, 0.717) is 12.1 Å². The van der Waals surface area contributed by atoms with Gasteiger partial charge in [0.25, 0.3) is 0 Å². The van der Waals surface area contributed by atoms with Crippen LogP contribution in [0.2, 0.25) is 0 Å². The van der Waals surface area contributed by atoms with Crippen molar-refractivity contribution in [1.29, 1.82) is 0 Å². The van der Waals surface area contributed by atoms with Crippen LogP contribution >= 0.6 is 0 Å². The highest BCUT2D eigenvalue weighted by Gasteiger charge is 2.30. The highest BCUT2D eigenvalue weighted by atomic mass is 16.5. The number of aliphatic imine (C=N–C) groups is 1. The molecule has 2 heteroatoms. The predicted octanol–water partition coefficient (Wildman–Crippen LogP) is 4.58. The van der Waals surface area contributed by atoms with E-state index in [1.807, 2.05) is 18.2 Å². The van der Waals surface area contributed by atoms with Crippen LogP contribution in [0, 0.1) is 0 Å². The second kappa shape index (κ2) is 7.32. The molecule has 0 amide bonds. The molecule has 1 aliphatic rings. The molecule has 0 spiro atoms. The van der Waals surface area contributed by atoms with Gasteiger partial charge in [0.1, 0.15) is 6.10 Å². The summed E-state index contributed by atoms with van der Waals surface area (Å²) in [7, 11) is 0. The van der Waals surface area contributed by atoms with Gasteiger partial charge in [0.15, 0.2) is 0 Å². The number of hydrogen-bond acceptors (Lipinski definition) is 2. The fraction of sp³-hybridized carbons (Fsp3) is 0.588. The van der Waals surface area contributed by atoms with Crippen LogP contribution in [0.1, 0.15) is 57.9 Å². The molecule has 1 heterocycles. The Labute approximate surface area is 116 Å². The highest BCUT2D eigenvalue weighted by Crippen LogP contribution is 2.25. The molecule has 0 fully saturated rings. The van der Waals surface area contributed by atoms with Crippen molar-refractivity contribution in [1.82, 2.24) is 0 Å². The van der Waals surface area contributed by atoms with Crippen molar-refractivity contribution in [3.63, 3.8) is 0 Å². The maximum absolute atomic E-state index is 6.11. The molecule has 0 bridgehead atoms. The van der Waals surface area contributed by atoms with E-state index in [0.717, 1.165) is 24.3 Å². The molecule has 0 radical (unpaired) electrons. The monoisotopic (exact) mass is 259 g/mol. The molecule has 1 aromatic carbocycles. The second-order valence-corrected chi connectivity index (χ2v) is 5.31. The minimum atomic E-state index is 0.293. The van der Waals surface area contributed by atoms with Crippen LogP contribution in [0.25, 0.3) is 0 Å². The lowest BCUT2D eigenvalue weighted by Gasteiger charge is -2.17. The zero-order valence-electron chi connectivity index (χ0n) is 12.1. The Morgan fingerprint density at radius 1 is 1.00 bits per heavy atom. The van der Waals surface area contributed by atoms with E-state index in [9.17, 15) is 0 Å². The Morgan fingerprint density at radius 2 is 1.68 bits per heavy atom. The fourth-order valence-electron chi connectivity index (χ4n) is 2.53. The molecule has 2 atom stereocenters. The quantitative estimate of drug-likeness (QED) is 0.702. The van der Waals surface area contributed by atoms with Crippen molar-refractivity contribution in [2.24, 2.45) is 4.99 Å². The largest absolute Gasteiger partial charge is 0.472 e. The van der Waals surface area contributed by atoms with E-state index in [-0.39, 0.29) is 0 Å². The van der Waals surface area contributed by atoms with Crippen molar-refractivity contribution in [2.45, 2.75) is 64.5 Å². The Balaban J connectivity index is 2.05. The first-order chi connectivity index (χ1) is 9.35. The van der Waals surface area contributed by atoms with Gasteiger partial charge >= 0.3 is 0 Å². The number of benzene rings is 1. The molecule has 1 aliphatic heterocycles. The molecular weight excluding hydrogens is 234 g/mol. The van der Waals surface area contributed by atoms with E-state index in [1.54, 1.807) is 0 Å². The smallest absolute Gasteiger partial charge is 0.216 e. The van der Waals surface area contributed by atoms with Gasteiger partial charge in [-0.05, 0) is 31.4 Å². The maximum Gasteiger partial charge on any atom is 0.216 e. The van der Waals surface area contributed by atoms with Crippen molar-refractivity contribution >= 4 is 5.90 Å². The Kier molecular flexibility index (Phi) is 5.44. The zero-order chi connectivity index (χ0) is 13.5. The summed E-state index contributed by atoms with van der Waals surface area (Å²) in [5.74, 6) is 0.850. The van der Waals surface area contributed by atoms with Gasteiger partial charge in [0.05, 0.1) is 6.04 Å². The van der Waals surface area contributed by atoms with Gasteiger partial charge in [-0.15, -0.1) is 0 Å². The minimum Gasteiger partial charge on any atom is -0.472 e. The van der Waals surface area contributed by atoms with Gasteiger partial charge in [-0.25, -0.2) is 4.99 Å². The van der Waals surface area contributed by atoms with E-state index in [2.05, 4.69) is 26.0 Å². The number of nitrogens with zero attached hydrogens (tertiary/aromatic N) is 1. The molecule has 0 N–H and O–H groups in total. The van der Waals surface area contributed by atoms with Gasteiger partial charge < -0.3 is 4.74 Å². The first-order valence-electron chi connectivity index (χ1n) is 7.65. The molecule has 0 aromatic heterocycles. The van der Waals surface area contributed by atoms with Crippen LogP contribution in [-0.4, -0.2) is 18.0 Å². The van der Waals surface area contributed by atoms with Crippen molar-refractivity contribution in [3.8, 4) is 0 Å². The summed E-state index contributed by atoms with van der Waals surface area (Å²) in [6, 6.07) is 10.6. The lowest BCUT2D eigenvalue weighted by atomic mass is 10.0. The third-order valence-corrected chi connectivity index (χ3v) is 3.69. The fourth-order valence-corrected chi connectivity index (χ4v) is 2.53. The summed E-state index contributed by atoms with van der Waals surface area (Å²) in [6.07, 6.45) is 7.49. The SMILES string of the molecule is CCCC[C@@H]1N=C(c2ccccc2)O[C@@H]1CCCC. The van der Waals surface area contributed by atoms with E-state index < -0.39 is 0 Å². The van der Waals surface area contributed by atoms with Gasteiger partial charge in [0.2, 0.25) is 5.90 Å². The molecule has 0 aliphatic carbocycles. The van der Waals surface area contributed by atoms with Crippen molar-refractivity contribution in [2.75, 3.05) is 0 Å². The molecule has 2 rings (SSSR count). The first kappa shape index (κ1) is 14.1.